The van der Waals surface area contributed by atoms with Crippen molar-refractivity contribution in [1.82, 2.24) is 19.5 Å². The predicted octanol–water partition coefficient (Wildman–Crippen LogP) is -1.23. The third-order valence-electron chi connectivity index (χ3n) is 4.99. The zero-order chi connectivity index (χ0) is 25.8. The van der Waals surface area contributed by atoms with Gasteiger partial charge < -0.3 is 44.0 Å². The zero-order valence-corrected chi connectivity index (χ0v) is 20.5. The van der Waals surface area contributed by atoms with Gasteiger partial charge in [-0.05, 0) is 0 Å². The van der Waals surface area contributed by atoms with Crippen LogP contribution in [0.15, 0.2) is 12.7 Å². The Morgan fingerprint density at radius 1 is 1.06 bits per heavy atom. The summed E-state index contributed by atoms with van der Waals surface area (Å²) < 4.78 is 47.9. The maximum atomic E-state index is 11.7. The minimum atomic E-state index is -5.32. The van der Waals surface area contributed by atoms with Crippen molar-refractivity contribution in [1.29, 1.82) is 0 Å². The Morgan fingerprint density at radius 2 is 1.71 bits per heavy atom. The molecule has 5 atom stereocenters. The van der Waals surface area contributed by atoms with Gasteiger partial charge in [0.05, 0.1) is 26.1 Å². The molecule has 1 unspecified atom stereocenters. The first-order valence-electron chi connectivity index (χ1n) is 10.1. The van der Waals surface area contributed by atoms with Gasteiger partial charge in [-0.3, -0.25) is 9.09 Å². The van der Waals surface area contributed by atoms with E-state index in [1.54, 1.807) is 14.2 Å². The maximum absolute atomic E-state index is 11.7. The van der Waals surface area contributed by atoms with Crippen molar-refractivity contribution in [3.8, 4) is 0 Å². The molecule has 0 aromatic carbocycles. The Morgan fingerprint density at radius 3 is 2.31 bits per heavy atom. The number of phosphoric ester groups is 1. The smallest absolute Gasteiger partial charge is 0.387 e. The highest BCUT2D eigenvalue weighted by Gasteiger charge is 2.46. The van der Waals surface area contributed by atoms with Crippen molar-refractivity contribution < 1.29 is 57.1 Å². The van der Waals surface area contributed by atoms with Crippen LogP contribution in [0.4, 0.5) is 5.82 Å². The average Bonchev–Trinajstić information content (AvgIpc) is 3.32. The zero-order valence-electron chi connectivity index (χ0n) is 18.7. The third-order valence-corrected chi connectivity index (χ3v) is 7.14. The van der Waals surface area contributed by atoms with E-state index in [0.717, 1.165) is 0 Å². The summed E-state index contributed by atoms with van der Waals surface area (Å²) in [7, 11) is -7.36. The second-order valence-corrected chi connectivity index (χ2v) is 10.2. The van der Waals surface area contributed by atoms with Gasteiger partial charge in [-0.2, -0.15) is 4.31 Å². The van der Waals surface area contributed by atoms with Crippen molar-refractivity contribution in [2.45, 2.75) is 24.5 Å². The molecule has 35 heavy (non-hydrogen) atoms. The maximum Gasteiger partial charge on any atom is 0.481 e. The molecule has 0 aliphatic carbocycles. The van der Waals surface area contributed by atoms with Crippen LogP contribution in [-0.2, 0) is 32.2 Å². The molecular formula is C16H27N5O12P2. The minimum absolute atomic E-state index is 0.269. The number of nitrogens with zero attached hydrogens (tertiary/aromatic N) is 5. The normalized spacial score (nSPS) is 24.7. The monoisotopic (exact) mass is 543 g/mol. The Labute approximate surface area is 199 Å². The third kappa shape index (κ3) is 7.01. The Kier molecular flexibility index (Phi) is 9.31. The van der Waals surface area contributed by atoms with Crippen LogP contribution in [0, 0.1) is 0 Å². The van der Waals surface area contributed by atoms with Crippen LogP contribution in [0.3, 0.4) is 0 Å². The second-order valence-electron chi connectivity index (χ2n) is 7.38. The fourth-order valence-corrected chi connectivity index (χ4v) is 5.01. The fraction of sp³-hybridized carbons (Fsp3) is 0.688. The highest BCUT2D eigenvalue weighted by atomic mass is 31.3. The summed E-state index contributed by atoms with van der Waals surface area (Å²) in [5.74, 6) is 0.478. The number of aliphatic hydroxyl groups is 2. The molecule has 2 aromatic rings. The Bertz CT molecular complexity index is 1070. The first-order valence-corrected chi connectivity index (χ1v) is 13.2. The van der Waals surface area contributed by atoms with Crippen molar-refractivity contribution in [2.75, 3.05) is 52.0 Å². The number of phosphoric acid groups is 2. The molecule has 1 aliphatic heterocycles. The summed E-state index contributed by atoms with van der Waals surface area (Å²) in [4.78, 5) is 41.5. The lowest BCUT2D eigenvalue weighted by molar-refractivity contribution is -0.0503. The summed E-state index contributed by atoms with van der Waals surface area (Å²) in [6, 6.07) is 0. The van der Waals surface area contributed by atoms with Crippen molar-refractivity contribution in [3.05, 3.63) is 12.7 Å². The van der Waals surface area contributed by atoms with Gasteiger partial charge in [0.2, 0.25) is 0 Å². The van der Waals surface area contributed by atoms with Crippen LogP contribution in [0.2, 0.25) is 0 Å². The predicted molar refractivity (Wildman–Crippen MR) is 116 cm³/mol. The molecule has 1 saturated heterocycles. The van der Waals surface area contributed by atoms with Crippen LogP contribution in [0.25, 0.3) is 11.2 Å². The quantitative estimate of drug-likeness (QED) is 0.186. The Hall–Kier alpha value is -1.59. The first kappa shape index (κ1) is 28.0. The molecular weight excluding hydrogens is 516 g/mol. The molecule has 19 heteroatoms. The van der Waals surface area contributed by atoms with Gasteiger partial charge >= 0.3 is 15.6 Å². The van der Waals surface area contributed by atoms with Gasteiger partial charge in [-0.25, -0.2) is 24.1 Å². The number of anilines is 1. The van der Waals surface area contributed by atoms with E-state index in [4.69, 9.17) is 24.0 Å². The first-order chi connectivity index (χ1) is 16.5. The molecule has 2 aromatic heterocycles. The van der Waals surface area contributed by atoms with Crippen molar-refractivity contribution in [3.63, 3.8) is 0 Å². The molecule has 5 N–H and O–H groups in total. The fourth-order valence-electron chi connectivity index (χ4n) is 3.41. The lowest BCUT2D eigenvalue weighted by Gasteiger charge is -2.23. The molecule has 1 fully saturated rings. The number of ether oxygens (including phenoxy) is 3. The summed E-state index contributed by atoms with van der Waals surface area (Å²) in [6.07, 6.45) is -3.08. The van der Waals surface area contributed by atoms with Gasteiger partial charge in [0.15, 0.2) is 23.2 Å². The summed E-state index contributed by atoms with van der Waals surface area (Å²) in [5, 5.41) is 20.9. The minimum Gasteiger partial charge on any atom is -0.387 e. The number of methoxy groups -OCH3 is 2. The standard InChI is InChI=1S/C16H27N5O12P2/c1-29-5-3-20(4-6-30-2)14-11-15(18-8-17-14)21(9-19-11)16-13(23)12(22)10(32-16)7-31-35(27,28)33-34(24,25)26/h8-10,12-13,16,22-23H,3-7H2,1-2H3,(H,27,28)(H2,24,25,26)/t10-,12-,13-,16-/m1/s1. The topological polar surface area (TPSA) is 228 Å². The van der Waals surface area contributed by atoms with Gasteiger partial charge in [0.1, 0.15) is 24.6 Å². The SMILES string of the molecule is COCCN(CCOC)c1ncnc2c1ncn2[C@@H]1O[C@H](COP(=O)(O)OP(=O)(O)O)[C@@H](O)[C@H]1O. The summed E-state index contributed by atoms with van der Waals surface area (Å²) in [5.41, 5.74) is 0.643. The molecule has 198 valence electrons. The lowest BCUT2D eigenvalue weighted by atomic mass is 10.1. The number of aliphatic hydroxyl groups excluding tert-OH is 2. The van der Waals surface area contributed by atoms with E-state index in [1.807, 2.05) is 4.90 Å². The molecule has 1 aliphatic rings. The van der Waals surface area contributed by atoms with E-state index in [0.29, 0.717) is 37.6 Å². The van der Waals surface area contributed by atoms with Gasteiger partial charge in [0.25, 0.3) is 0 Å². The van der Waals surface area contributed by atoms with Crippen LogP contribution in [0.5, 0.6) is 0 Å². The largest absolute Gasteiger partial charge is 0.481 e. The highest BCUT2D eigenvalue weighted by Crippen LogP contribution is 2.57. The Balaban J connectivity index is 1.81. The van der Waals surface area contributed by atoms with Crippen LogP contribution in [-0.4, -0.2) is 110 Å². The highest BCUT2D eigenvalue weighted by molar-refractivity contribution is 7.60. The van der Waals surface area contributed by atoms with Gasteiger partial charge in [-0.1, -0.05) is 0 Å². The number of hydrogen-bond donors (Lipinski definition) is 5. The lowest BCUT2D eigenvalue weighted by Crippen LogP contribution is -2.33. The van der Waals surface area contributed by atoms with E-state index >= 15 is 0 Å². The van der Waals surface area contributed by atoms with E-state index in [-0.39, 0.29) is 5.65 Å². The van der Waals surface area contributed by atoms with E-state index < -0.39 is 46.8 Å². The van der Waals surface area contributed by atoms with Gasteiger partial charge in [-0.15, -0.1) is 0 Å². The number of imidazole rings is 1. The molecule has 17 nitrogen and oxygen atoms in total. The van der Waals surface area contributed by atoms with Crippen LogP contribution >= 0.6 is 15.6 Å². The molecule has 0 saturated carbocycles. The summed E-state index contributed by atoms with van der Waals surface area (Å²) in [6.45, 7) is 0.968. The molecule has 0 amide bonds. The van der Waals surface area contributed by atoms with Crippen molar-refractivity contribution >= 4 is 32.6 Å². The van der Waals surface area contributed by atoms with Crippen molar-refractivity contribution in [2.24, 2.45) is 0 Å². The second kappa shape index (κ2) is 11.6. The summed E-state index contributed by atoms with van der Waals surface area (Å²) >= 11 is 0. The molecule has 0 radical (unpaired) electrons. The number of aromatic nitrogens is 4. The van der Waals surface area contributed by atoms with E-state index in [1.165, 1.54) is 17.2 Å². The molecule has 0 spiro atoms. The van der Waals surface area contributed by atoms with E-state index in [2.05, 4.69) is 23.8 Å². The average molecular weight is 543 g/mol. The number of fused-ring (bicyclic) bond motifs is 1. The van der Waals surface area contributed by atoms with Gasteiger partial charge in [0, 0.05) is 27.3 Å². The van der Waals surface area contributed by atoms with Crippen LogP contribution in [0.1, 0.15) is 6.23 Å². The molecule has 3 heterocycles. The number of rotatable bonds is 13. The molecule has 3 rings (SSSR count). The number of hydrogen-bond acceptors (Lipinski definition) is 13. The van der Waals surface area contributed by atoms with E-state index in [9.17, 15) is 24.2 Å². The molecule has 0 bridgehead atoms. The van der Waals surface area contributed by atoms with Crippen LogP contribution < -0.4 is 4.90 Å².